The predicted octanol–water partition coefficient (Wildman–Crippen LogP) is 0.945. The lowest BCUT2D eigenvalue weighted by molar-refractivity contribution is -0.133. The molecule has 1 unspecified atom stereocenters. The van der Waals surface area contributed by atoms with Gasteiger partial charge in [0, 0.05) is 12.7 Å². The zero-order valence-corrected chi connectivity index (χ0v) is 12.2. The van der Waals surface area contributed by atoms with E-state index in [4.69, 9.17) is 5.11 Å². The van der Waals surface area contributed by atoms with E-state index in [-0.39, 0.29) is 16.8 Å². The molecular formula is C11H16N2O4S2. The number of rotatable bonds is 5. The quantitative estimate of drug-likeness (QED) is 0.815. The average Bonchev–Trinajstić information content (AvgIpc) is 2.80. The number of aliphatic carboxylic acids is 1. The van der Waals surface area contributed by atoms with E-state index >= 15 is 0 Å². The normalized spacial score (nSPS) is 21.6. The topological polar surface area (TPSA) is 89.3 Å². The molecule has 19 heavy (non-hydrogen) atoms. The number of hydrogen-bond donors (Lipinski definition) is 1. The van der Waals surface area contributed by atoms with Gasteiger partial charge in [0.25, 0.3) is 0 Å². The van der Waals surface area contributed by atoms with Gasteiger partial charge in [0.05, 0.1) is 22.4 Å². The van der Waals surface area contributed by atoms with Gasteiger partial charge in [0.2, 0.25) is 0 Å². The van der Waals surface area contributed by atoms with Gasteiger partial charge < -0.3 is 9.67 Å². The summed E-state index contributed by atoms with van der Waals surface area (Å²) in [5.41, 5.74) is 0.767. The van der Waals surface area contributed by atoms with Crippen molar-refractivity contribution in [3.8, 4) is 0 Å². The highest BCUT2D eigenvalue weighted by Gasteiger charge is 2.32. The fourth-order valence-electron chi connectivity index (χ4n) is 2.18. The summed E-state index contributed by atoms with van der Waals surface area (Å²) >= 11 is 1.12. The summed E-state index contributed by atoms with van der Waals surface area (Å²) in [6, 6.07) is 0. The Morgan fingerprint density at radius 2 is 2.37 bits per heavy atom. The Labute approximate surface area is 116 Å². The van der Waals surface area contributed by atoms with Crippen molar-refractivity contribution >= 4 is 27.6 Å². The van der Waals surface area contributed by atoms with E-state index in [0.29, 0.717) is 24.5 Å². The van der Waals surface area contributed by atoms with Gasteiger partial charge in [0.1, 0.15) is 0 Å². The van der Waals surface area contributed by atoms with Gasteiger partial charge in [-0.2, -0.15) is 0 Å². The summed E-state index contributed by atoms with van der Waals surface area (Å²) < 4.78 is 25.4. The van der Waals surface area contributed by atoms with Crippen molar-refractivity contribution in [1.29, 1.82) is 0 Å². The molecule has 1 N–H and O–H groups in total. The summed E-state index contributed by atoms with van der Waals surface area (Å²) in [6.45, 7) is 2.18. The summed E-state index contributed by atoms with van der Waals surface area (Å²) in [5.74, 6) is -0.734. The highest BCUT2D eigenvalue weighted by Crippen LogP contribution is 2.24. The Bertz CT molecular complexity index is 580. The maximum Gasteiger partial charge on any atom is 0.313 e. The number of imidazole rings is 1. The molecule has 1 aliphatic rings. The lowest BCUT2D eigenvalue weighted by atomic mass is 10.2. The first-order valence-corrected chi connectivity index (χ1v) is 8.68. The molecule has 6 nitrogen and oxygen atoms in total. The second-order valence-electron chi connectivity index (χ2n) is 4.63. The number of hydrogen-bond acceptors (Lipinski definition) is 5. The van der Waals surface area contributed by atoms with Crippen molar-refractivity contribution in [3.63, 3.8) is 0 Å². The molecule has 0 aliphatic carbocycles. The van der Waals surface area contributed by atoms with E-state index in [9.17, 15) is 13.2 Å². The first-order chi connectivity index (χ1) is 8.88. The number of thioether (sulfide) groups is 1. The molecule has 1 aromatic heterocycles. The first kappa shape index (κ1) is 14.4. The number of carboxylic acid groups (broad SMARTS) is 1. The minimum atomic E-state index is -3.00. The van der Waals surface area contributed by atoms with E-state index in [1.165, 1.54) is 0 Å². The summed E-state index contributed by atoms with van der Waals surface area (Å²) in [4.78, 5) is 14.8. The number of sulfone groups is 1. The van der Waals surface area contributed by atoms with Gasteiger partial charge in [-0.1, -0.05) is 11.8 Å². The van der Waals surface area contributed by atoms with Crippen LogP contribution in [0.4, 0.5) is 0 Å². The molecule has 0 spiro atoms. The molecule has 8 heteroatoms. The summed E-state index contributed by atoms with van der Waals surface area (Å²) in [6.07, 6.45) is 3.15. The maximum atomic E-state index is 11.8. The molecule has 1 aliphatic heterocycles. The zero-order chi connectivity index (χ0) is 14.0. The zero-order valence-electron chi connectivity index (χ0n) is 10.6. The lowest BCUT2D eigenvalue weighted by Gasteiger charge is -2.12. The van der Waals surface area contributed by atoms with Gasteiger partial charge in [-0.25, -0.2) is 13.4 Å². The fraction of sp³-hybridized carbons (Fsp3) is 0.636. The van der Waals surface area contributed by atoms with Crippen LogP contribution in [-0.2, 0) is 21.2 Å². The molecular weight excluding hydrogens is 288 g/mol. The molecule has 1 fully saturated rings. The third kappa shape index (κ3) is 3.50. The van der Waals surface area contributed by atoms with Crippen LogP contribution in [0.25, 0.3) is 0 Å². The average molecular weight is 304 g/mol. The summed E-state index contributed by atoms with van der Waals surface area (Å²) in [5, 5.41) is 8.89. The van der Waals surface area contributed by atoms with Gasteiger partial charge in [0.15, 0.2) is 15.0 Å². The van der Waals surface area contributed by atoms with Crippen LogP contribution >= 0.6 is 11.8 Å². The van der Waals surface area contributed by atoms with Crippen molar-refractivity contribution in [1.82, 2.24) is 9.55 Å². The number of nitrogens with zero attached hydrogens (tertiary/aromatic N) is 2. The SMILES string of the molecule is Cc1cn(CC2CCCS2(=O)=O)c(SCC(=O)O)n1. The van der Waals surface area contributed by atoms with Crippen molar-refractivity contribution in [3.05, 3.63) is 11.9 Å². The first-order valence-electron chi connectivity index (χ1n) is 5.98. The van der Waals surface area contributed by atoms with E-state index in [2.05, 4.69) is 4.98 Å². The van der Waals surface area contributed by atoms with Gasteiger partial charge in [-0.3, -0.25) is 4.79 Å². The van der Waals surface area contributed by atoms with Crippen molar-refractivity contribution in [2.45, 2.75) is 36.7 Å². The number of carboxylic acids is 1. The van der Waals surface area contributed by atoms with Crippen molar-refractivity contribution < 1.29 is 18.3 Å². The lowest BCUT2D eigenvalue weighted by Crippen LogP contribution is -2.22. The van der Waals surface area contributed by atoms with Crippen molar-refractivity contribution in [2.24, 2.45) is 0 Å². The van der Waals surface area contributed by atoms with Crippen LogP contribution in [0.5, 0.6) is 0 Å². The Morgan fingerprint density at radius 1 is 1.63 bits per heavy atom. The molecule has 1 aromatic rings. The Balaban J connectivity index is 2.13. The molecule has 0 saturated carbocycles. The van der Waals surface area contributed by atoms with Crippen LogP contribution in [0, 0.1) is 6.92 Å². The Kier molecular flexibility index (Phi) is 4.19. The molecule has 2 heterocycles. The molecule has 0 radical (unpaired) electrons. The number of aromatic nitrogens is 2. The van der Waals surface area contributed by atoms with Crippen LogP contribution in [0.1, 0.15) is 18.5 Å². The monoisotopic (exact) mass is 304 g/mol. The molecule has 0 amide bonds. The van der Waals surface area contributed by atoms with Crippen LogP contribution < -0.4 is 0 Å². The fourth-order valence-corrected chi connectivity index (χ4v) is 4.75. The largest absolute Gasteiger partial charge is 0.481 e. The van der Waals surface area contributed by atoms with Crippen molar-refractivity contribution in [2.75, 3.05) is 11.5 Å². The Hall–Kier alpha value is -1.02. The molecule has 0 bridgehead atoms. The van der Waals surface area contributed by atoms with Crippen LogP contribution in [-0.4, -0.2) is 45.8 Å². The molecule has 2 rings (SSSR count). The van der Waals surface area contributed by atoms with Gasteiger partial charge in [-0.05, 0) is 19.8 Å². The highest BCUT2D eigenvalue weighted by molar-refractivity contribution is 7.99. The Morgan fingerprint density at radius 3 is 2.95 bits per heavy atom. The molecule has 1 saturated heterocycles. The molecule has 0 aromatic carbocycles. The third-order valence-electron chi connectivity index (χ3n) is 3.05. The highest BCUT2D eigenvalue weighted by atomic mass is 32.2. The van der Waals surface area contributed by atoms with Crippen LogP contribution in [0.15, 0.2) is 11.4 Å². The minimum absolute atomic E-state index is 0.0755. The molecule has 1 atom stereocenters. The molecule has 106 valence electrons. The van der Waals surface area contributed by atoms with E-state index < -0.39 is 15.8 Å². The second-order valence-corrected chi connectivity index (χ2v) is 7.97. The standard InChI is InChI=1S/C11H16N2O4S2/c1-8-5-13(11(12-8)18-7-10(14)15)6-9-3-2-4-19(9,16)17/h5,9H,2-4,6-7H2,1H3,(H,14,15). The van der Waals surface area contributed by atoms with Gasteiger partial charge >= 0.3 is 5.97 Å². The number of aryl methyl sites for hydroxylation is 1. The predicted molar refractivity (Wildman–Crippen MR) is 72.1 cm³/mol. The van der Waals surface area contributed by atoms with Gasteiger partial charge in [-0.15, -0.1) is 0 Å². The minimum Gasteiger partial charge on any atom is -0.481 e. The van der Waals surface area contributed by atoms with E-state index in [0.717, 1.165) is 17.5 Å². The number of carbonyl (C=O) groups is 1. The second kappa shape index (κ2) is 5.54. The third-order valence-corrected chi connectivity index (χ3v) is 6.28. The van der Waals surface area contributed by atoms with Crippen LogP contribution in [0.3, 0.4) is 0 Å². The van der Waals surface area contributed by atoms with Crippen LogP contribution in [0.2, 0.25) is 0 Å². The van der Waals surface area contributed by atoms with E-state index in [1.54, 1.807) is 10.8 Å². The maximum absolute atomic E-state index is 11.8. The van der Waals surface area contributed by atoms with E-state index in [1.807, 2.05) is 6.92 Å². The summed E-state index contributed by atoms with van der Waals surface area (Å²) in [7, 11) is -3.00. The smallest absolute Gasteiger partial charge is 0.313 e.